The first-order valence-corrected chi connectivity index (χ1v) is 10.6. The summed E-state index contributed by atoms with van der Waals surface area (Å²) in [5.41, 5.74) is 2.57. The number of nitrogens with zero attached hydrogens (tertiary/aromatic N) is 2. The summed E-state index contributed by atoms with van der Waals surface area (Å²) in [5, 5.41) is 3.28. The van der Waals surface area contributed by atoms with Crippen molar-refractivity contribution in [2.75, 3.05) is 32.4 Å². The van der Waals surface area contributed by atoms with Gasteiger partial charge in [0.1, 0.15) is 0 Å². The third kappa shape index (κ3) is 8.36. The molecule has 0 radical (unpaired) electrons. The lowest BCUT2D eigenvalue weighted by Gasteiger charge is -2.22. The SMILES string of the molecule is CCNC(=NCCCNS(=O)(=O)CC)N(C)Cc1ccc(CC)cc1. The van der Waals surface area contributed by atoms with Crippen molar-refractivity contribution in [3.8, 4) is 0 Å². The molecule has 0 heterocycles. The summed E-state index contributed by atoms with van der Waals surface area (Å²) < 4.78 is 25.3. The van der Waals surface area contributed by atoms with Crippen LogP contribution in [0.3, 0.4) is 0 Å². The maximum Gasteiger partial charge on any atom is 0.211 e. The van der Waals surface area contributed by atoms with E-state index in [0.29, 0.717) is 19.5 Å². The second-order valence-corrected chi connectivity index (χ2v) is 8.01. The summed E-state index contributed by atoms with van der Waals surface area (Å²) in [7, 11) is -1.11. The van der Waals surface area contributed by atoms with E-state index >= 15 is 0 Å². The molecule has 0 saturated carbocycles. The Morgan fingerprint density at radius 2 is 1.76 bits per heavy atom. The first-order chi connectivity index (χ1) is 11.9. The van der Waals surface area contributed by atoms with Gasteiger partial charge in [0.25, 0.3) is 0 Å². The maximum atomic E-state index is 11.4. The summed E-state index contributed by atoms with van der Waals surface area (Å²) in [6, 6.07) is 8.62. The van der Waals surface area contributed by atoms with Gasteiger partial charge in [0.2, 0.25) is 10.0 Å². The van der Waals surface area contributed by atoms with Gasteiger partial charge in [0, 0.05) is 33.2 Å². The molecule has 0 amide bonds. The monoisotopic (exact) mass is 368 g/mol. The van der Waals surface area contributed by atoms with Crippen LogP contribution in [-0.4, -0.2) is 51.7 Å². The molecular weight excluding hydrogens is 336 g/mol. The maximum absolute atomic E-state index is 11.4. The second-order valence-electron chi connectivity index (χ2n) is 5.91. The number of nitrogens with one attached hydrogen (secondary N) is 2. The van der Waals surface area contributed by atoms with Crippen LogP contribution in [0.25, 0.3) is 0 Å². The zero-order valence-electron chi connectivity index (χ0n) is 15.9. The van der Waals surface area contributed by atoms with Crippen molar-refractivity contribution < 1.29 is 8.42 Å². The van der Waals surface area contributed by atoms with E-state index in [0.717, 1.165) is 25.5 Å². The molecule has 2 N–H and O–H groups in total. The van der Waals surface area contributed by atoms with Crippen LogP contribution in [0.1, 0.15) is 38.3 Å². The first-order valence-electron chi connectivity index (χ1n) is 8.96. The Morgan fingerprint density at radius 3 is 2.32 bits per heavy atom. The summed E-state index contributed by atoms with van der Waals surface area (Å²) in [4.78, 5) is 6.67. The molecule has 0 aromatic heterocycles. The van der Waals surface area contributed by atoms with Crippen LogP contribution >= 0.6 is 0 Å². The van der Waals surface area contributed by atoms with Gasteiger partial charge in [-0.25, -0.2) is 13.1 Å². The van der Waals surface area contributed by atoms with E-state index in [1.807, 2.05) is 14.0 Å². The average Bonchev–Trinajstić information content (AvgIpc) is 2.61. The van der Waals surface area contributed by atoms with Crippen molar-refractivity contribution in [3.63, 3.8) is 0 Å². The van der Waals surface area contributed by atoms with Crippen molar-refractivity contribution in [1.82, 2.24) is 14.9 Å². The van der Waals surface area contributed by atoms with Gasteiger partial charge < -0.3 is 10.2 Å². The van der Waals surface area contributed by atoms with Crippen LogP contribution in [-0.2, 0) is 23.0 Å². The third-order valence-corrected chi connectivity index (χ3v) is 5.25. The minimum absolute atomic E-state index is 0.110. The average molecular weight is 369 g/mol. The number of sulfonamides is 1. The Hall–Kier alpha value is -1.60. The van der Waals surface area contributed by atoms with Crippen LogP contribution in [0.4, 0.5) is 0 Å². The number of aryl methyl sites for hydroxylation is 1. The number of guanidine groups is 1. The number of aliphatic imine (C=N–C) groups is 1. The number of hydrogen-bond acceptors (Lipinski definition) is 3. The lowest BCUT2D eigenvalue weighted by atomic mass is 10.1. The van der Waals surface area contributed by atoms with E-state index in [-0.39, 0.29) is 5.75 Å². The highest BCUT2D eigenvalue weighted by atomic mass is 32.2. The lowest BCUT2D eigenvalue weighted by molar-refractivity contribution is 0.476. The van der Waals surface area contributed by atoms with Gasteiger partial charge in [-0.05, 0) is 37.8 Å². The van der Waals surface area contributed by atoms with Crippen LogP contribution in [0.2, 0.25) is 0 Å². The molecule has 0 fully saturated rings. The molecule has 1 aromatic rings. The summed E-state index contributed by atoms with van der Waals surface area (Å²) >= 11 is 0. The largest absolute Gasteiger partial charge is 0.357 e. The molecule has 7 heteroatoms. The van der Waals surface area contributed by atoms with E-state index in [1.54, 1.807) is 6.92 Å². The molecule has 0 spiro atoms. The Labute approximate surface area is 152 Å². The quantitative estimate of drug-likeness (QED) is 0.376. The molecule has 0 saturated heterocycles. The number of rotatable bonds is 10. The molecule has 142 valence electrons. The summed E-state index contributed by atoms with van der Waals surface area (Å²) in [6.45, 7) is 8.38. The lowest BCUT2D eigenvalue weighted by Crippen LogP contribution is -2.38. The fraction of sp³-hybridized carbons (Fsp3) is 0.611. The minimum Gasteiger partial charge on any atom is -0.357 e. The van der Waals surface area contributed by atoms with Crippen LogP contribution < -0.4 is 10.0 Å². The Morgan fingerprint density at radius 1 is 1.12 bits per heavy atom. The fourth-order valence-corrected chi connectivity index (χ4v) is 2.95. The molecule has 0 atom stereocenters. The first kappa shape index (κ1) is 21.4. The molecule has 1 rings (SSSR count). The molecule has 0 aliphatic carbocycles. The van der Waals surface area contributed by atoms with E-state index in [1.165, 1.54) is 11.1 Å². The molecule has 1 aromatic carbocycles. The van der Waals surface area contributed by atoms with E-state index < -0.39 is 10.0 Å². The highest BCUT2D eigenvalue weighted by Gasteiger charge is 2.07. The minimum atomic E-state index is -3.12. The molecule has 25 heavy (non-hydrogen) atoms. The topological polar surface area (TPSA) is 73.8 Å². The van der Waals surface area contributed by atoms with Crippen molar-refractivity contribution in [3.05, 3.63) is 35.4 Å². The molecule has 0 aliphatic rings. The Balaban J connectivity index is 2.55. The molecule has 0 aliphatic heterocycles. The third-order valence-electron chi connectivity index (χ3n) is 3.85. The van der Waals surface area contributed by atoms with Crippen molar-refractivity contribution in [2.24, 2.45) is 4.99 Å². The number of benzene rings is 1. The van der Waals surface area contributed by atoms with Crippen LogP contribution in [0.5, 0.6) is 0 Å². The molecular formula is C18H32N4O2S. The zero-order chi connectivity index (χ0) is 18.7. The van der Waals surface area contributed by atoms with E-state index in [4.69, 9.17) is 0 Å². The van der Waals surface area contributed by atoms with Gasteiger partial charge in [-0.15, -0.1) is 0 Å². The molecule has 6 nitrogen and oxygen atoms in total. The second kappa shape index (κ2) is 11.1. The summed E-state index contributed by atoms with van der Waals surface area (Å²) in [6.07, 6.45) is 1.72. The highest BCUT2D eigenvalue weighted by molar-refractivity contribution is 7.89. The van der Waals surface area contributed by atoms with Gasteiger partial charge in [-0.2, -0.15) is 0 Å². The molecule has 0 bridgehead atoms. The van der Waals surface area contributed by atoms with E-state index in [2.05, 4.69) is 51.1 Å². The van der Waals surface area contributed by atoms with Gasteiger partial charge in [-0.1, -0.05) is 31.2 Å². The van der Waals surface area contributed by atoms with Crippen LogP contribution in [0, 0.1) is 0 Å². The van der Waals surface area contributed by atoms with Crippen LogP contribution in [0.15, 0.2) is 29.3 Å². The van der Waals surface area contributed by atoms with Gasteiger partial charge >= 0.3 is 0 Å². The van der Waals surface area contributed by atoms with Crippen molar-refractivity contribution in [1.29, 1.82) is 0 Å². The van der Waals surface area contributed by atoms with Gasteiger partial charge in [0.05, 0.1) is 5.75 Å². The van der Waals surface area contributed by atoms with E-state index in [9.17, 15) is 8.42 Å². The van der Waals surface area contributed by atoms with Gasteiger partial charge in [-0.3, -0.25) is 4.99 Å². The predicted octanol–water partition coefficient (Wildman–Crippen LogP) is 1.98. The highest BCUT2D eigenvalue weighted by Crippen LogP contribution is 2.07. The van der Waals surface area contributed by atoms with Crippen molar-refractivity contribution in [2.45, 2.75) is 40.2 Å². The Bertz CT molecular complexity index is 627. The van der Waals surface area contributed by atoms with Crippen molar-refractivity contribution >= 4 is 16.0 Å². The smallest absolute Gasteiger partial charge is 0.211 e. The van der Waals surface area contributed by atoms with Gasteiger partial charge in [0.15, 0.2) is 5.96 Å². The normalized spacial score (nSPS) is 12.2. The summed E-state index contributed by atoms with van der Waals surface area (Å²) in [5.74, 6) is 0.943. The number of hydrogen-bond donors (Lipinski definition) is 2. The zero-order valence-corrected chi connectivity index (χ0v) is 16.7. The standard InChI is InChI=1S/C18H32N4O2S/c1-5-16-9-11-17(12-10-16)15-22(4)18(19-6-2)20-13-8-14-21-25(23,24)7-3/h9-12,21H,5-8,13-15H2,1-4H3,(H,19,20). The Kier molecular flexibility index (Phi) is 9.52. The predicted molar refractivity (Wildman–Crippen MR) is 105 cm³/mol. The fourth-order valence-electron chi connectivity index (χ4n) is 2.29. The molecule has 0 unspecified atom stereocenters.